The van der Waals surface area contributed by atoms with Gasteiger partial charge in [0.15, 0.2) is 0 Å². The number of nitrogens with one attached hydrogen (secondary N) is 1. The van der Waals surface area contributed by atoms with Crippen molar-refractivity contribution in [1.82, 2.24) is 10.2 Å². The Labute approximate surface area is 133 Å². The van der Waals surface area contributed by atoms with Gasteiger partial charge in [-0.3, -0.25) is 10.1 Å². The molecule has 0 atom stereocenters. The molecule has 0 spiro atoms. The Bertz CT molecular complexity index is 648. The van der Waals surface area contributed by atoms with Crippen molar-refractivity contribution in [1.29, 1.82) is 0 Å². The predicted octanol–water partition coefficient (Wildman–Crippen LogP) is 4.23. The largest absolute Gasteiger partial charge is 0.297 e. The topological polar surface area (TPSA) is 54.9 Å². The Kier molecular flexibility index (Phi) is 5.77. The number of nitrogens with zero attached hydrogens (tertiary/aromatic N) is 2. The van der Waals surface area contributed by atoms with Crippen molar-refractivity contribution >= 4 is 28.5 Å². The lowest BCUT2D eigenvalue weighted by molar-refractivity contribution is -0.111. The lowest BCUT2D eigenvalue weighted by Crippen LogP contribution is -2.07. The third kappa shape index (κ3) is 4.46. The van der Waals surface area contributed by atoms with Crippen LogP contribution in [-0.4, -0.2) is 16.1 Å². The number of hydrogen-bond donors (Lipinski definition) is 1. The summed E-state index contributed by atoms with van der Waals surface area (Å²) in [6.45, 7) is 4.22. The summed E-state index contributed by atoms with van der Waals surface area (Å²) in [7, 11) is 0. The second-order valence-corrected chi connectivity index (χ2v) is 5.84. The van der Waals surface area contributed by atoms with Gasteiger partial charge in [-0.2, -0.15) is 0 Å². The molecule has 2 aromatic rings. The average Bonchev–Trinajstić information content (AvgIpc) is 2.96. The van der Waals surface area contributed by atoms with E-state index in [0.29, 0.717) is 11.0 Å². The number of benzene rings is 1. The van der Waals surface area contributed by atoms with Crippen LogP contribution in [0.2, 0.25) is 0 Å². The molecular formula is C16H18FN3OS. The van der Waals surface area contributed by atoms with Crippen LogP contribution in [0.25, 0.3) is 6.08 Å². The molecular weight excluding hydrogens is 301 g/mol. The van der Waals surface area contributed by atoms with Crippen LogP contribution in [0, 0.1) is 5.82 Å². The van der Waals surface area contributed by atoms with E-state index in [0.717, 1.165) is 23.4 Å². The third-order valence-corrected chi connectivity index (χ3v) is 4.30. The van der Waals surface area contributed by atoms with E-state index in [1.807, 2.05) is 0 Å². The molecule has 22 heavy (non-hydrogen) atoms. The second-order valence-electron chi connectivity index (χ2n) is 4.83. The van der Waals surface area contributed by atoms with Gasteiger partial charge in [-0.15, -0.1) is 10.2 Å². The molecule has 1 aromatic carbocycles. The quantitative estimate of drug-likeness (QED) is 0.811. The van der Waals surface area contributed by atoms with E-state index in [9.17, 15) is 9.18 Å². The molecule has 6 heteroatoms. The highest BCUT2D eigenvalue weighted by atomic mass is 32.1. The zero-order valence-corrected chi connectivity index (χ0v) is 13.4. The molecule has 0 saturated carbocycles. The van der Waals surface area contributed by atoms with E-state index < -0.39 is 0 Å². The average molecular weight is 319 g/mol. The molecule has 1 aromatic heterocycles. The number of anilines is 1. The van der Waals surface area contributed by atoms with Crippen LogP contribution in [0.4, 0.5) is 9.52 Å². The molecule has 0 radical (unpaired) electrons. The first-order valence-corrected chi connectivity index (χ1v) is 8.02. The molecule has 0 saturated heterocycles. The van der Waals surface area contributed by atoms with Crippen LogP contribution in [0.15, 0.2) is 30.3 Å². The highest BCUT2D eigenvalue weighted by molar-refractivity contribution is 7.15. The van der Waals surface area contributed by atoms with Gasteiger partial charge in [-0.05, 0) is 36.6 Å². The molecule has 0 unspecified atom stereocenters. The van der Waals surface area contributed by atoms with Crippen LogP contribution in [0.1, 0.15) is 43.2 Å². The number of carbonyl (C=O) groups excluding carboxylic acids is 1. The van der Waals surface area contributed by atoms with E-state index in [2.05, 4.69) is 29.4 Å². The molecule has 0 bridgehead atoms. The molecule has 0 aliphatic carbocycles. The molecule has 116 valence electrons. The Morgan fingerprint density at radius 2 is 1.95 bits per heavy atom. The molecule has 1 amide bonds. The Balaban J connectivity index is 1.96. The monoisotopic (exact) mass is 319 g/mol. The van der Waals surface area contributed by atoms with Gasteiger partial charge < -0.3 is 0 Å². The minimum Gasteiger partial charge on any atom is -0.297 e. The summed E-state index contributed by atoms with van der Waals surface area (Å²) in [5, 5.41) is 12.3. The van der Waals surface area contributed by atoms with E-state index >= 15 is 0 Å². The fourth-order valence-corrected chi connectivity index (χ4v) is 2.99. The second kappa shape index (κ2) is 7.79. The van der Waals surface area contributed by atoms with Crippen LogP contribution in [0.3, 0.4) is 0 Å². The number of rotatable bonds is 6. The van der Waals surface area contributed by atoms with Gasteiger partial charge in [0.05, 0.1) is 0 Å². The molecule has 0 fully saturated rings. The summed E-state index contributed by atoms with van der Waals surface area (Å²) >= 11 is 1.40. The molecule has 2 rings (SSSR count). The number of carbonyl (C=O) groups is 1. The lowest BCUT2D eigenvalue weighted by atomic mass is 10.1. The first-order valence-electron chi connectivity index (χ1n) is 7.20. The molecule has 0 aliphatic rings. The van der Waals surface area contributed by atoms with Crippen molar-refractivity contribution in [3.05, 3.63) is 46.7 Å². The number of amides is 1. The summed E-state index contributed by atoms with van der Waals surface area (Å²) in [4.78, 5) is 11.8. The van der Waals surface area contributed by atoms with Gasteiger partial charge >= 0.3 is 0 Å². The molecule has 4 nitrogen and oxygen atoms in total. The standard InChI is InChI=1S/C16H18FN3OS/c1-3-12(4-2)15-19-20-16(22-15)18-14(21)10-7-11-5-8-13(17)9-6-11/h5-10,12H,3-4H2,1-2H3,(H,18,20,21)/b10-7+. The minimum absolute atomic E-state index is 0.281. The fraction of sp³-hybridized carbons (Fsp3) is 0.312. The first kappa shape index (κ1) is 16.3. The van der Waals surface area contributed by atoms with Crippen LogP contribution < -0.4 is 5.32 Å². The summed E-state index contributed by atoms with van der Waals surface area (Å²) in [5.74, 6) is -0.195. The number of aromatic nitrogens is 2. The summed E-state index contributed by atoms with van der Waals surface area (Å²) < 4.78 is 12.8. The summed E-state index contributed by atoms with van der Waals surface area (Å²) in [6.07, 6.45) is 5.02. The van der Waals surface area contributed by atoms with Crippen molar-refractivity contribution in [2.24, 2.45) is 0 Å². The summed E-state index contributed by atoms with van der Waals surface area (Å²) in [6, 6.07) is 5.92. The van der Waals surface area contributed by atoms with E-state index in [1.165, 1.54) is 29.5 Å². The highest BCUT2D eigenvalue weighted by Crippen LogP contribution is 2.27. The van der Waals surface area contributed by atoms with Crippen molar-refractivity contribution in [2.45, 2.75) is 32.6 Å². The third-order valence-electron chi connectivity index (χ3n) is 3.30. The van der Waals surface area contributed by atoms with Gasteiger partial charge in [0.2, 0.25) is 11.0 Å². The maximum absolute atomic E-state index is 12.8. The van der Waals surface area contributed by atoms with E-state index in [1.54, 1.807) is 18.2 Å². The van der Waals surface area contributed by atoms with Gasteiger partial charge in [0.25, 0.3) is 0 Å². The highest BCUT2D eigenvalue weighted by Gasteiger charge is 2.13. The van der Waals surface area contributed by atoms with Crippen LogP contribution in [0.5, 0.6) is 0 Å². The smallest absolute Gasteiger partial charge is 0.250 e. The van der Waals surface area contributed by atoms with E-state index in [-0.39, 0.29) is 11.7 Å². The maximum atomic E-state index is 12.8. The number of hydrogen-bond acceptors (Lipinski definition) is 4. The predicted molar refractivity (Wildman–Crippen MR) is 87.3 cm³/mol. The Hall–Kier alpha value is -2.08. The van der Waals surface area contributed by atoms with Crippen molar-refractivity contribution in [3.63, 3.8) is 0 Å². The van der Waals surface area contributed by atoms with Gasteiger partial charge in [-0.1, -0.05) is 37.3 Å². The first-order chi connectivity index (χ1) is 10.6. The Morgan fingerprint density at radius 1 is 1.27 bits per heavy atom. The van der Waals surface area contributed by atoms with Gasteiger partial charge in [0.1, 0.15) is 10.8 Å². The van der Waals surface area contributed by atoms with Crippen molar-refractivity contribution in [2.75, 3.05) is 5.32 Å². The van der Waals surface area contributed by atoms with Crippen LogP contribution >= 0.6 is 11.3 Å². The van der Waals surface area contributed by atoms with Crippen molar-refractivity contribution in [3.8, 4) is 0 Å². The summed E-state index contributed by atoms with van der Waals surface area (Å²) in [5.41, 5.74) is 0.756. The normalized spacial score (nSPS) is 11.3. The zero-order valence-electron chi connectivity index (χ0n) is 12.5. The lowest BCUT2D eigenvalue weighted by Gasteiger charge is -2.05. The molecule has 0 aliphatic heterocycles. The molecule has 1 N–H and O–H groups in total. The van der Waals surface area contributed by atoms with Gasteiger partial charge in [0, 0.05) is 12.0 Å². The fourth-order valence-electron chi connectivity index (χ4n) is 1.98. The SMILES string of the molecule is CCC(CC)c1nnc(NC(=O)/C=C/c2ccc(F)cc2)s1. The maximum Gasteiger partial charge on any atom is 0.250 e. The van der Waals surface area contributed by atoms with Crippen LogP contribution in [-0.2, 0) is 4.79 Å². The van der Waals surface area contributed by atoms with Gasteiger partial charge in [-0.25, -0.2) is 4.39 Å². The minimum atomic E-state index is -0.301. The van der Waals surface area contributed by atoms with E-state index in [4.69, 9.17) is 0 Å². The van der Waals surface area contributed by atoms with Crippen molar-refractivity contribution < 1.29 is 9.18 Å². The zero-order chi connectivity index (χ0) is 15.9. The number of halogens is 1. The Morgan fingerprint density at radius 3 is 2.59 bits per heavy atom. The molecule has 1 heterocycles.